The molecule has 1 aromatic carbocycles. The molecule has 4 rings (SSSR count). The zero-order valence-electron chi connectivity index (χ0n) is 18.8. The van der Waals surface area contributed by atoms with Crippen LogP contribution in [0.1, 0.15) is 39.5 Å². The molecule has 32 heavy (non-hydrogen) atoms. The SMILES string of the molecule is CC/C=C(/C)Nc1cccc(Nc2cc(-c3ccc(N)nc3)nc(N3CCCCC3)n2)c1. The van der Waals surface area contributed by atoms with Gasteiger partial charge in [0.25, 0.3) is 0 Å². The number of benzene rings is 1. The van der Waals surface area contributed by atoms with Gasteiger partial charge in [0, 0.05) is 48.0 Å². The van der Waals surface area contributed by atoms with E-state index in [1.807, 2.05) is 24.3 Å². The van der Waals surface area contributed by atoms with E-state index in [9.17, 15) is 0 Å². The Bertz CT molecular complexity index is 1070. The topological polar surface area (TPSA) is 92.0 Å². The number of nitrogens with two attached hydrogens (primary N) is 1. The van der Waals surface area contributed by atoms with Crippen molar-refractivity contribution in [2.45, 2.75) is 39.5 Å². The predicted molar refractivity (Wildman–Crippen MR) is 133 cm³/mol. The van der Waals surface area contributed by atoms with E-state index in [2.05, 4.69) is 52.6 Å². The maximum absolute atomic E-state index is 5.78. The molecule has 0 amide bonds. The van der Waals surface area contributed by atoms with Crippen molar-refractivity contribution in [3.63, 3.8) is 0 Å². The van der Waals surface area contributed by atoms with Gasteiger partial charge in [-0.2, -0.15) is 4.98 Å². The van der Waals surface area contributed by atoms with Gasteiger partial charge in [-0.3, -0.25) is 0 Å². The van der Waals surface area contributed by atoms with Gasteiger partial charge in [-0.1, -0.05) is 19.1 Å². The highest BCUT2D eigenvalue weighted by molar-refractivity contribution is 5.69. The molecular weight excluding hydrogens is 398 g/mol. The summed E-state index contributed by atoms with van der Waals surface area (Å²) in [7, 11) is 0. The highest BCUT2D eigenvalue weighted by Crippen LogP contribution is 2.27. The number of nitrogens with zero attached hydrogens (tertiary/aromatic N) is 4. The number of hydrogen-bond acceptors (Lipinski definition) is 7. The summed E-state index contributed by atoms with van der Waals surface area (Å²) in [5, 5.41) is 6.90. The Balaban J connectivity index is 1.64. The summed E-state index contributed by atoms with van der Waals surface area (Å²) in [5.74, 6) is 2.00. The van der Waals surface area contributed by atoms with Crippen molar-refractivity contribution in [2.75, 3.05) is 34.4 Å². The third-order valence-electron chi connectivity index (χ3n) is 5.42. The van der Waals surface area contributed by atoms with Crippen LogP contribution in [0.4, 0.5) is 29.0 Å². The largest absolute Gasteiger partial charge is 0.384 e. The lowest BCUT2D eigenvalue weighted by molar-refractivity contribution is 0.568. The number of aromatic nitrogens is 3. The number of anilines is 5. The minimum Gasteiger partial charge on any atom is -0.384 e. The summed E-state index contributed by atoms with van der Waals surface area (Å²) in [4.78, 5) is 16.2. The quantitative estimate of drug-likeness (QED) is 0.451. The van der Waals surface area contributed by atoms with Gasteiger partial charge in [-0.15, -0.1) is 0 Å². The van der Waals surface area contributed by atoms with Gasteiger partial charge < -0.3 is 21.3 Å². The first kappa shape index (κ1) is 21.6. The van der Waals surface area contributed by atoms with Gasteiger partial charge in [0.2, 0.25) is 5.95 Å². The second-order valence-corrected chi connectivity index (χ2v) is 8.08. The Hall–Kier alpha value is -3.61. The van der Waals surface area contributed by atoms with Crippen LogP contribution in [0.15, 0.2) is 60.4 Å². The lowest BCUT2D eigenvalue weighted by atomic mass is 10.1. The summed E-state index contributed by atoms with van der Waals surface area (Å²) < 4.78 is 0. The third kappa shape index (κ3) is 5.55. The molecule has 0 saturated carbocycles. The van der Waals surface area contributed by atoms with E-state index < -0.39 is 0 Å². The van der Waals surface area contributed by atoms with Gasteiger partial charge >= 0.3 is 0 Å². The standard InChI is InChI=1S/C25H31N7/c1-3-8-18(2)28-20-9-7-10-21(15-20)29-24-16-22(19-11-12-23(26)27-17-19)30-25(31-24)32-13-5-4-6-14-32/h7-12,15-17,28H,3-6,13-14H2,1-2H3,(H2,26,27)(H,29,30,31)/b18-8-. The molecule has 0 aliphatic carbocycles. The van der Waals surface area contributed by atoms with Crippen LogP contribution >= 0.6 is 0 Å². The summed E-state index contributed by atoms with van der Waals surface area (Å²) in [5.41, 5.74) is 10.6. The maximum atomic E-state index is 5.78. The van der Waals surface area contributed by atoms with Crippen LogP contribution in [0.2, 0.25) is 0 Å². The Morgan fingerprint density at radius 1 is 1.06 bits per heavy atom. The summed E-state index contributed by atoms with van der Waals surface area (Å²) >= 11 is 0. The molecule has 2 aromatic heterocycles. The van der Waals surface area contributed by atoms with Gasteiger partial charge in [0.15, 0.2) is 0 Å². The Morgan fingerprint density at radius 3 is 2.62 bits per heavy atom. The molecule has 0 unspecified atom stereocenters. The summed E-state index contributed by atoms with van der Waals surface area (Å²) in [6.07, 6.45) is 8.52. The minimum atomic E-state index is 0.495. The number of nitrogen functional groups attached to an aromatic ring is 1. The molecule has 3 heterocycles. The van der Waals surface area contributed by atoms with E-state index >= 15 is 0 Å². The van der Waals surface area contributed by atoms with E-state index in [0.29, 0.717) is 5.82 Å². The molecule has 0 atom stereocenters. The van der Waals surface area contributed by atoms with Crippen molar-refractivity contribution in [1.29, 1.82) is 0 Å². The Kier molecular flexibility index (Phi) is 6.84. The van der Waals surface area contributed by atoms with E-state index in [1.165, 1.54) is 6.42 Å². The first-order valence-electron chi connectivity index (χ1n) is 11.3. The lowest BCUT2D eigenvalue weighted by Gasteiger charge is -2.27. The minimum absolute atomic E-state index is 0.495. The van der Waals surface area contributed by atoms with Gasteiger partial charge in [0.1, 0.15) is 11.6 Å². The van der Waals surface area contributed by atoms with Crippen LogP contribution in [0.5, 0.6) is 0 Å². The fraction of sp³-hybridized carbons (Fsp3) is 0.320. The van der Waals surface area contributed by atoms with E-state index in [-0.39, 0.29) is 0 Å². The maximum Gasteiger partial charge on any atom is 0.227 e. The van der Waals surface area contributed by atoms with Crippen molar-refractivity contribution in [1.82, 2.24) is 15.0 Å². The average molecular weight is 430 g/mol. The van der Waals surface area contributed by atoms with Crippen molar-refractivity contribution in [3.8, 4) is 11.3 Å². The molecule has 3 aromatic rings. The van der Waals surface area contributed by atoms with Gasteiger partial charge in [-0.25, -0.2) is 9.97 Å². The Morgan fingerprint density at radius 2 is 1.88 bits per heavy atom. The van der Waals surface area contributed by atoms with E-state index in [1.54, 1.807) is 12.3 Å². The molecular formula is C25H31N7. The number of allylic oxidation sites excluding steroid dienone is 2. The van der Waals surface area contributed by atoms with Crippen LogP contribution in [-0.2, 0) is 0 Å². The van der Waals surface area contributed by atoms with Crippen molar-refractivity contribution < 1.29 is 0 Å². The Labute approximate surface area is 189 Å². The van der Waals surface area contributed by atoms with Crippen LogP contribution in [0.3, 0.4) is 0 Å². The highest BCUT2D eigenvalue weighted by atomic mass is 15.3. The third-order valence-corrected chi connectivity index (χ3v) is 5.42. The van der Waals surface area contributed by atoms with Crippen LogP contribution < -0.4 is 21.3 Å². The smallest absolute Gasteiger partial charge is 0.227 e. The number of nitrogens with one attached hydrogen (secondary N) is 2. The van der Waals surface area contributed by atoms with Crippen molar-refractivity contribution >= 4 is 29.0 Å². The molecule has 1 fully saturated rings. The zero-order chi connectivity index (χ0) is 22.3. The van der Waals surface area contributed by atoms with Crippen LogP contribution in [0.25, 0.3) is 11.3 Å². The fourth-order valence-electron chi connectivity index (χ4n) is 3.85. The molecule has 0 bridgehead atoms. The second kappa shape index (κ2) is 10.1. The molecule has 1 saturated heterocycles. The summed E-state index contributed by atoms with van der Waals surface area (Å²) in [6.45, 7) is 6.16. The summed E-state index contributed by atoms with van der Waals surface area (Å²) in [6, 6.07) is 13.9. The van der Waals surface area contributed by atoms with E-state index in [0.717, 1.165) is 72.4 Å². The number of hydrogen-bond donors (Lipinski definition) is 3. The molecule has 1 aliphatic heterocycles. The zero-order valence-corrected chi connectivity index (χ0v) is 18.8. The number of rotatable bonds is 7. The highest BCUT2D eigenvalue weighted by Gasteiger charge is 2.16. The van der Waals surface area contributed by atoms with Crippen LogP contribution in [-0.4, -0.2) is 28.0 Å². The first-order chi connectivity index (χ1) is 15.6. The molecule has 1 aliphatic rings. The molecule has 4 N–H and O–H groups in total. The molecule has 7 nitrogen and oxygen atoms in total. The molecule has 7 heteroatoms. The average Bonchev–Trinajstić information content (AvgIpc) is 2.80. The second-order valence-electron chi connectivity index (χ2n) is 8.08. The van der Waals surface area contributed by atoms with Gasteiger partial charge in [-0.05, 0) is 62.9 Å². The number of piperidine rings is 1. The first-order valence-corrected chi connectivity index (χ1v) is 11.3. The van der Waals surface area contributed by atoms with Crippen molar-refractivity contribution in [3.05, 3.63) is 60.4 Å². The molecule has 0 radical (unpaired) electrons. The molecule has 0 spiro atoms. The lowest BCUT2D eigenvalue weighted by Crippen LogP contribution is -2.31. The van der Waals surface area contributed by atoms with Crippen molar-refractivity contribution in [2.24, 2.45) is 0 Å². The molecule has 166 valence electrons. The number of pyridine rings is 1. The monoisotopic (exact) mass is 429 g/mol. The van der Waals surface area contributed by atoms with Crippen LogP contribution in [0, 0.1) is 0 Å². The predicted octanol–water partition coefficient (Wildman–Crippen LogP) is 5.58. The van der Waals surface area contributed by atoms with E-state index in [4.69, 9.17) is 15.7 Å². The fourth-order valence-corrected chi connectivity index (χ4v) is 3.85. The van der Waals surface area contributed by atoms with Gasteiger partial charge in [0.05, 0.1) is 5.69 Å². The normalized spacial score (nSPS) is 14.3.